The maximum Gasteiger partial charge on any atom is 0.393 e. The van der Waals surface area contributed by atoms with Gasteiger partial charge in [-0.05, 0) is 58.3 Å². The molecule has 0 radical (unpaired) electrons. The summed E-state index contributed by atoms with van der Waals surface area (Å²) in [6, 6.07) is 30.1. The number of furan rings is 2. The van der Waals surface area contributed by atoms with E-state index < -0.39 is 0 Å². The van der Waals surface area contributed by atoms with E-state index in [1.165, 1.54) is 31.8 Å². The van der Waals surface area contributed by atoms with Gasteiger partial charge in [-0.1, -0.05) is 72.0 Å². The second-order valence-electron chi connectivity index (χ2n) is 9.29. The molecule has 0 bridgehead atoms. The second kappa shape index (κ2) is 6.71. The van der Waals surface area contributed by atoms with Crippen molar-refractivity contribution in [2.24, 2.45) is 7.05 Å². The molecular weight excluding hydrogens is 450 g/mol. The van der Waals surface area contributed by atoms with Crippen LogP contribution in [0.2, 0.25) is 0 Å². The van der Waals surface area contributed by atoms with E-state index in [0.717, 1.165) is 49.2 Å². The van der Waals surface area contributed by atoms with Gasteiger partial charge in [-0.2, -0.15) is 4.57 Å². The van der Waals surface area contributed by atoms with Crippen molar-refractivity contribution in [2.45, 2.75) is 6.92 Å². The molecule has 0 saturated carbocycles. The first kappa shape index (κ1) is 19.2. The molecule has 8 rings (SSSR count). The molecule has 166 valence electrons. The third-order valence-electron chi connectivity index (χ3n) is 7.27. The number of hydrogen-bond acceptors (Lipinski definition) is 3. The van der Waals surface area contributed by atoms with Gasteiger partial charge in [-0.3, -0.25) is 0 Å². The Bertz CT molecular complexity index is 2140. The third-order valence-corrected chi connectivity index (χ3v) is 8.54. The van der Waals surface area contributed by atoms with Crippen molar-refractivity contribution in [2.75, 3.05) is 0 Å². The molecule has 0 unspecified atom stereocenters. The van der Waals surface area contributed by atoms with Gasteiger partial charge in [0.2, 0.25) is 0 Å². The zero-order valence-corrected chi connectivity index (χ0v) is 20.1. The van der Waals surface area contributed by atoms with Crippen LogP contribution in [-0.2, 0) is 7.05 Å². The highest BCUT2D eigenvalue weighted by Gasteiger charge is 2.29. The fraction of sp³-hybridized carbons (Fsp3) is 0.0645. The van der Waals surface area contributed by atoms with Gasteiger partial charge in [0.05, 0.1) is 0 Å². The quantitative estimate of drug-likeness (QED) is 0.177. The number of fused-ring (bicyclic) bond motifs is 9. The van der Waals surface area contributed by atoms with E-state index >= 15 is 0 Å². The van der Waals surface area contributed by atoms with Crippen molar-refractivity contribution in [1.29, 1.82) is 0 Å². The third kappa shape index (κ3) is 2.52. The highest BCUT2D eigenvalue weighted by atomic mass is 32.1. The number of hydrogen-bond donors (Lipinski definition) is 0. The zero-order chi connectivity index (χ0) is 23.3. The smallest absolute Gasteiger partial charge is 0.393 e. The van der Waals surface area contributed by atoms with Crippen LogP contribution in [0.1, 0.15) is 5.56 Å². The van der Waals surface area contributed by atoms with Crippen LogP contribution in [-0.4, -0.2) is 0 Å². The van der Waals surface area contributed by atoms with Gasteiger partial charge >= 0.3 is 5.71 Å². The van der Waals surface area contributed by atoms with Crippen LogP contribution in [0.15, 0.2) is 93.8 Å². The lowest BCUT2D eigenvalue weighted by atomic mass is 9.99. The summed E-state index contributed by atoms with van der Waals surface area (Å²) in [4.78, 5) is 0. The number of benzene rings is 5. The normalized spacial score (nSPS) is 12.3. The van der Waals surface area contributed by atoms with E-state index in [0.29, 0.717) is 0 Å². The SMILES string of the molecule is Cc1ccc2c(oc3cc4c(ccc5ccccc54)cc32)c1-c1sc2c3ccccc3oc2[n+]1C. The Morgan fingerprint density at radius 1 is 0.657 bits per heavy atom. The molecule has 8 aromatic rings. The molecule has 0 spiro atoms. The summed E-state index contributed by atoms with van der Waals surface area (Å²) in [5.41, 5.74) is 6.00. The molecule has 0 aliphatic heterocycles. The second-order valence-corrected chi connectivity index (χ2v) is 10.3. The predicted molar refractivity (Wildman–Crippen MR) is 145 cm³/mol. The first-order valence-electron chi connectivity index (χ1n) is 11.7. The Balaban J connectivity index is 1.46. The molecule has 0 atom stereocenters. The monoisotopic (exact) mass is 470 g/mol. The van der Waals surface area contributed by atoms with Gasteiger partial charge in [0, 0.05) is 16.2 Å². The van der Waals surface area contributed by atoms with Crippen molar-refractivity contribution in [1.82, 2.24) is 0 Å². The molecule has 3 aromatic heterocycles. The average molecular weight is 471 g/mol. The van der Waals surface area contributed by atoms with Crippen LogP contribution < -0.4 is 4.57 Å². The predicted octanol–water partition coefficient (Wildman–Crippen LogP) is 8.65. The minimum Gasteiger partial charge on any atom is -0.455 e. The summed E-state index contributed by atoms with van der Waals surface area (Å²) in [6.45, 7) is 2.16. The summed E-state index contributed by atoms with van der Waals surface area (Å²) < 4.78 is 16.2. The summed E-state index contributed by atoms with van der Waals surface area (Å²) in [7, 11) is 2.08. The molecule has 35 heavy (non-hydrogen) atoms. The Kier molecular flexibility index (Phi) is 3.68. The van der Waals surface area contributed by atoms with Crippen LogP contribution in [0.3, 0.4) is 0 Å². The molecule has 5 aromatic carbocycles. The number of para-hydroxylation sites is 1. The number of thiazole rings is 1. The zero-order valence-electron chi connectivity index (χ0n) is 19.3. The van der Waals surface area contributed by atoms with E-state index in [1.54, 1.807) is 11.3 Å². The topological polar surface area (TPSA) is 30.2 Å². The highest BCUT2D eigenvalue weighted by molar-refractivity contribution is 7.22. The lowest BCUT2D eigenvalue weighted by Gasteiger charge is -2.04. The van der Waals surface area contributed by atoms with Crippen molar-refractivity contribution in [3.63, 3.8) is 0 Å². The molecular formula is C31H20NO2S+. The number of rotatable bonds is 1. The molecule has 3 heterocycles. The fourth-order valence-electron chi connectivity index (χ4n) is 5.51. The van der Waals surface area contributed by atoms with E-state index in [-0.39, 0.29) is 0 Å². The largest absolute Gasteiger partial charge is 0.455 e. The van der Waals surface area contributed by atoms with E-state index in [1.807, 2.05) is 12.1 Å². The van der Waals surface area contributed by atoms with E-state index in [4.69, 9.17) is 8.83 Å². The summed E-state index contributed by atoms with van der Waals surface area (Å²) in [6.07, 6.45) is 0. The summed E-state index contributed by atoms with van der Waals surface area (Å²) in [5, 5.41) is 9.53. The Morgan fingerprint density at radius 3 is 2.37 bits per heavy atom. The van der Waals surface area contributed by atoms with Gasteiger partial charge in [-0.15, -0.1) is 0 Å². The molecule has 0 fully saturated rings. The average Bonchev–Trinajstić information content (AvgIpc) is 3.53. The van der Waals surface area contributed by atoms with Crippen LogP contribution >= 0.6 is 11.3 Å². The first-order chi connectivity index (χ1) is 17.2. The number of aromatic nitrogens is 1. The molecule has 0 saturated heterocycles. The fourth-order valence-corrected chi connectivity index (χ4v) is 6.82. The van der Waals surface area contributed by atoms with Crippen LogP contribution in [0.25, 0.3) is 75.4 Å². The van der Waals surface area contributed by atoms with Gasteiger partial charge in [0.25, 0.3) is 5.01 Å². The maximum atomic E-state index is 6.65. The van der Waals surface area contributed by atoms with Crippen LogP contribution in [0, 0.1) is 6.92 Å². The van der Waals surface area contributed by atoms with Crippen LogP contribution in [0.4, 0.5) is 0 Å². The number of nitrogens with zero attached hydrogens (tertiary/aromatic N) is 1. The Labute approximate surface area is 204 Å². The summed E-state index contributed by atoms with van der Waals surface area (Å²) in [5.74, 6) is 0. The van der Waals surface area contributed by atoms with Crippen molar-refractivity contribution in [3.05, 3.63) is 90.5 Å². The van der Waals surface area contributed by atoms with Crippen molar-refractivity contribution >= 4 is 76.2 Å². The standard InChI is InChI=1S/C31H20NO2S/c1-17-11-14-21-24-15-19-13-12-18-7-3-4-8-20(18)23(19)16-26(24)33-28(21)27(17)31-32(2)30-29(35-31)22-9-5-6-10-25(22)34-30/h3-16H,1-2H3/q+1. The molecule has 3 nitrogen and oxygen atoms in total. The van der Waals surface area contributed by atoms with E-state index in [2.05, 4.69) is 91.3 Å². The minimum absolute atomic E-state index is 0.899. The van der Waals surface area contributed by atoms with Crippen molar-refractivity contribution in [3.8, 4) is 10.6 Å². The molecule has 4 heteroatoms. The van der Waals surface area contributed by atoms with Gasteiger partial charge in [-0.25, -0.2) is 0 Å². The molecule has 0 aliphatic carbocycles. The van der Waals surface area contributed by atoms with E-state index in [9.17, 15) is 0 Å². The lowest BCUT2D eigenvalue weighted by molar-refractivity contribution is -0.636. The van der Waals surface area contributed by atoms with Crippen LogP contribution in [0.5, 0.6) is 0 Å². The van der Waals surface area contributed by atoms with Crippen molar-refractivity contribution < 1.29 is 13.4 Å². The molecule has 0 N–H and O–H groups in total. The lowest BCUT2D eigenvalue weighted by Crippen LogP contribution is -2.28. The van der Waals surface area contributed by atoms with Gasteiger partial charge in [0.1, 0.15) is 23.8 Å². The van der Waals surface area contributed by atoms with Gasteiger partial charge < -0.3 is 8.83 Å². The number of aryl methyl sites for hydroxylation is 2. The minimum atomic E-state index is 0.899. The first-order valence-corrected chi connectivity index (χ1v) is 12.6. The molecule has 0 aliphatic rings. The highest BCUT2D eigenvalue weighted by Crippen LogP contribution is 2.43. The Morgan fingerprint density at radius 2 is 1.46 bits per heavy atom. The summed E-state index contributed by atoms with van der Waals surface area (Å²) >= 11 is 1.77. The maximum absolute atomic E-state index is 6.65. The molecule has 0 amide bonds. The Hall–Kier alpha value is -4.15. The van der Waals surface area contributed by atoms with Gasteiger partial charge in [0.15, 0.2) is 10.3 Å².